The Hall–Kier alpha value is -3.24. The second kappa shape index (κ2) is 12.3. The van der Waals surface area contributed by atoms with Crippen molar-refractivity contribution in [3.05, 3.63) is 35.5 Å². The van der Waals surface area contributed by atoms with E-state index < -0.39 is 29.8 Å². The summed E-state index contributed by atoms with van der Waals surface area (Å²) >= 11 is 0. The molecule has 3 N–H and O–H groups in total. The minimum absolute atomic E-state index is 0.185. The van der Waals surface area contributed by atoms with Crippen LogP contribution in [-0.2, 0) is 20.7 Å². The number of aromatic amines is 1. The Kier molecular flexibility index (Phi) is 9.55. The number of rotatable bonds is 9. The van der Waals surface area contributed by atoms with E-state index in [9.17, 15) is 27.6 Å². The van der Waals surface area contributed by atoms with Crippen molar-refractivity contribution in [1.82, 2.24) is 20.5 Å². The van der Waals surface area contributed by atoms with E-state index in [0.717, 1.165) is 16.6 Å². The van der Waals surface area contributed by atoms with Gasteiger partial charge >= 0.3 is 18.2 Å². The minimum atomic E-state index is -4.95. The van der Waals surface area contributed by atoms with E-state index in [1.54, 1.807) is 25.7 Å². The molecule has 0 fully saturated rings. The average molecular weight is 553 g/mol. The smallest absolute Gasteiger partial charge is 0.444 e. The zero-order valence-corrected chi connectivity index (χ0v) is 23.2. The topological polar surface area (TPSA) is 104 Å². The molecule has 1 aromatic heterocycles. The van der Waals surface area contributed by atoms with E-state index >= 15 is 0 Å². The molecule has 2 aromatic rings. The van der Waals surface area contributed by atoms with Crippen molar-refractivity contribution in [2.45, 2.75) is 90.6 Å². The van der Waals surface area contributed by atoms with Crippen LogP contribution in [0.5, 0.6) is 0 Å². The molecule has 1 aliphatic heterocycles. The lowest BCUT2D eigenvalue weighted by atomic mass is 9.90. The number of amides is 3. The van der Waals surface area contributed by atoms with Gasteiger partial charge in [0.1, 0.15) is 11.6 Å². The van der Waals surface area contributed by atoms with Gasteiger partial charge in [-0.05, 0) is 70.4 Å². The predicted molar refractivity (Wildman–Crippen MR) is 142 cm³/mol. The highest BCUT2D eigenvalue weighted by Gasteiger charge is 2.39. The number of para-hydroxylation sites is 1. The van der Waals surface area contributed by atoms with Gasteiger partial charge in [-0.1, -0.05) is 32.0 Å². The molecule has 1 unspecified atom stereocenters. The maximum absolute atomic E-state index is 13.9. The van der Waals surface area contributed by atoms with Crippen LogP contribution in [0.2, 0.25) is 0 Å². The normalized spacial score (nSPS) is 16.6. The van der Waals surface area contributed by atoms with E-state index in [1.807, 2.05) is 23.5 Å². The molecule has 0 bridgehead atoms. The number of unbranched alkanes of at least 4 members (excludes halogenated alkanes) is 1. The molecular formula is C28H39F3N4O4. The maximum Gasteiger partial charge on any atom is 0.471 e. The van der Waals surface area contributed by atoms with Gasteiger partial charge in [0.25, 0.3) is 0 Å². The van der Waals surface area contributed by atoms with Crippen LogP contribution in [0.1, 0.15) is 77.6 Å². The summed E-state index contributed by atoms with van der Waals surface area (Å²) in [5, 5.41) is 5.66. The maximum atomic E-state index is 13.9. The Morgan fingerprint density at radius 1 is 1.13 bits per heavy atom. The number of carbonyl (C=O) groups excluding carboxylic acids is 3. The molecule has 3 amide bonds. The zero-order valence-electron chi connectivity index (χ0n) is 23.2. The molecule has 3 rings (SSSR count). The molecule has 0 saturated heterocycles. The summed E-state index contributed by atoms with van der Waals surface area (Å²) in [6.45, 7) is 9.61. The Bertz CT molecular complexity index is 1170. The number of hydrogen-bond donors (Lipinski definition) is 3. The van der Waals surface area contributed by atoms with Gasteiger partial charge in [0.2, 0.25) is 5.91 Å². The second-order valence-electron chi connectivity index (χ2n) is 11.4. The number of ether oxygens (including phenoxy) is 1. The van der Waals surface area contributed by atoms with Crippen molar-refractivity contribution in [2.75, 3.05) is 13.1 Å². The van der Waals surface area contributed by atoms with Crippen LogP contribution in [0, 0.1) is 5.92 Å². The largest absolute Gasteiger partial charge is 0.471 e. The molecule has 0 spiro atoms. The van der Waals surface area contributed by atoms with Crippen LogP contribution in [0.15, 0.2) is 24.3 Å². The van der Waals surface area contributed by atoms with Crippen molar-refractivity contribution in [3.8, 4) is 0 Å². The average Bonchev–Trinajstić information content (AvgIpc) is 3.20. The number of nitrogens with zero attached hydrogens (tertiary/aromatic N) is 1. The molecular weight excluding hydrogens is 513 g/mol. The van der Waals surface area contributed by atoms with Crippen molar-refractivity contribution in [2.24, 2.45) is 5.92 Å². The second-order valence-corrected chi connectivity index (χ2v) is 11.4. The van der Waals surface area contributed by atoms with Gasteiger partial charge in [-0.15, -0.1) is 0 Å². The van der Waals surface area contributed by atoms with E-state index in [-0.39, 0.29) is 37.3 Å². The molecule has 2 atom stereocenters. The summed E-state index contributed by atoms with van der Waals surface area (Å²) in [5.74, 6) is -1.98. The SMILES string of the molecule is CC(C)CC1c2[nH]c3ccccc3c2CCN1C(=O)[C@H](CCCCNC(=O)C(F)(F)F)NC(=O)OC(C)(C)C. The molecule has 8 nitrogen and oxygen atoms in total. The van der Waals surface area contributed by atoms with Gasteiger partial charge in [-0.25, -0.2) is 4.79 Å². The van der Waals surface area contributed by atoms with Crippen LogP contribution >= 0.6 is 0 Å². The number of benzene rings is 1. The lowest BCUT2D eigenvalue weighted by Gasteiger charge is -2.39. The number of halogens is 3. The monoisotopic (exact) mass is 552 g/mol. The number of fused-ring (bicyclic) bond motifs is 3. The van der Waals surface area contributed by atoms with Crippen molar-refractivity contribution >= 4 is 28.8 Å². The number of H-pyrrole nitrogens is 1. The van der Waals surface area contributed by atoms with Gasteiger partial charge < -0.3 is 25.3 Å². The molecule has 0 radical (unpaired) electrons. The number of carbonyl (C=O) groups is 3. The van der Waals surface area contributed by atoms with Crippen molar-refractivity contribution in [1.29, 1.82) is 0 Å². The van der Waals surface area contributed by atoms with Crippen molar-refractivity contribution in [3.63, 3.8) is 0 Å². The fourth-order valence-electron chi connectivity index (χ4n) is 4.96. The third-order valence-electron chi connectivity index (χ3n) is 6.59. The summed E-state index contributed by atoms with van der Waals surface area (Å²) < 4.78 is 42.7. The molecule has 216 valence electrons. The lowest BCUT2D eigenvalue weighted by molar-refractivity contribution is -0.173. The molecule has 0 aliphatic carbocycles. The summed E-state index contributed by atoms with van der Waals surface area (Å²) in [6.07, 6.45) is -3.61. The first-order valence-electron chi connectivity index (χ1n) is 13.4. The quantitative estimate of drug-likeness (QED) is 0.363. The molecule has 2 heterocycles. The fraction of sp³-hybridized carbons (Fsp3) is 0.607. The molecule has 0 saturated carbocycles. The Morgan fingerprint density at radius 3 is 2.46 bits per heavy atom. The number of hydrogen-bond acceptors (Lipinski definition) is 4. The minimum Gasteiger partial charge on any atom is -0.444 e. The van der Waals surface area contributed by atoms with Crippen LogP contribution < -0.4 is 10.6 Å². The van der Waals surface area contributed by atoms with Crippen LogP contribution in [-0.4, -0.2) is 58.7 Å². The van der Waals surface area contributed by atoms with Crippen molar-refractivity contribution < 1.29 is 32.3 Å². The molecule has 11 heteroatoms. The highest BCUT2D eigenvalue weighted by Crippen LogP contribution is 2.38. The first kappa shape index (κ1) is 30.3. The number of aromatic nitrogens is 1. The Balaban J connectivity index is 1.79. The third kappa shape index (κ3) is 8.12. The van der Waals surface area contributed by atoms with Gasteiger partial charge in [0.15, 0.2) is 0 Å². The van der Waals surface area contributed by atoms with Gasteiger partial charge in [-0.2, -0.15) is 13.2 Å². The van der Waals surface area contributed by atoms with Crippen LogP contribution in [0.25, 0.3) is 10.9 Å². The number of nitrogens with one attached hydrogen (secondary N) is 3. The molecule has 1 aliphatic rings. The zero-order chi connectivity index (χ0) is 29.0. The third-order valence-corrected chi connectivity index (χ3v) is 6.59. The molecule has 39 heavy (non-hydrogen) atoms. The number of alkyl carbamates (subject to hydrolysis) is 1. The molecule has 1 aromatic carbocycles. The summed E-state index contributed by atoms with van der Waals surface area (Å²) in [5.41, 5.74) is 2.42. The van der Waals surface area contributed by atoms with E-state index in [1.165, 1.54) is 5.56 Å². The van der Waals surface area contributed by atoms with Gasteiger partial charge in [0, 0.05) is 29.7 Å². The first-order valence-corrected chi connectivity index (χ1v) is 13.4. The summed E-state index contributed by atoms with van der Waals surface area (Å²) in [7, 11) is 0. The fourth-order valence-corrected chi connectivity index (χ4v) is 4.96. The standard InChI is InChI=1S/C28H39F3N4O4/c1-17(2)16-22-23-19(18-10-6-7-11-20(18)33-23)13-15-35(22)24(36)21(34-26(38)39-27(3,4)5)12-8-9-14-32-25(37)28(29,30)31/h6-7,10-11,17,21-22,33H,8-9,12-16H2,1-5H3,(H,32,37)(H,34,38)/t21-,22?/m0/s1. The Morgan fingerprint density at radius 2 is 1.82 bits per heavy atom. The van der Waals surface area contributed by atoms with Gasteiger partial charge in [0.05, 0.1) is 6.04 Å². The first-order chi connectivity index (χ1) is 18.2. The predicted octanol–water partition coefficient (Wildman–Crippen LogP) is 5.38. The Labute approximate surface area is 227 Å². The summed E-state index contributed by atoms with van der Waals surface area (Å²) in [6, 6.07) is 6.88. The van der Waals surface area contributed by atoms with E-state index in [4.69, 9.17) is 4.74 Å². The lowest BCUT2D eigenvalue weighted by Crippen LogP contribution is -2.52. The van der Waals surface area contributed by atoms with E-state index in [0.29, 0.717) is 25.8 Å². The van der Waals surface area contributed by atoms with Crippen LogP contribution in [0.3, 0.4) is 0 Å². The highest BCUT2D eigenvalue weighted by atomic mass is 19.4. The summed E-state index contributed by atoms with van der Waals surface area (Å²) in [4.78, 5) is 43.0. The van der Waals surface area contributed by atoms with Crippen LogP contribution in [0.4, 0.5) is 18.0 Å². The van der Waals surface area contributed by atoms with E-state index in [2.05, 4.69) is 30.2 Å². The number of alkyl halides is 3. The van der Waals surface area contributed by atoms with Gasteiger partial charge in [-0.3, -0.25) is 9.59 Å². The highest BCUT2D eigenvalue weighted by molar-refractivity contribution is 5.88.